The van der Waals surface area contributed by atoms with Gasteiger partial charge in [0.05, 0.1) is 4.90 Å². The highest BCUT2D eigenvalue weighted by molar-refractivity contribution is 7.89. The zero-order valence-electron chi connectivity index (χ0n) is 16.1. The first-order chi connectivity index (χ1) is 13.3. The smallest absolute Gasteiger partial charge is 0.251 e. The third-order valence-corrected chi connectivity index (χ3v) is 7.17. The highest BCUT2D eigenvalue weighted by atomic mass is 32.2. The van der Waals surface area contributed by atoms with Crippen molar-refractivity contribution in [1.82, 2.24) is 9.62 Å². The van der Waals surface area contributed by atoms with Crippen LogP contribution in [0.3, 0.4) is 0 Å². The van der Waals surface area contributed by atoms with Gasteiger partial charge in [-0.3, -0.25) is 4.79 Å². The number of hydrogen-bond donors (Lipinski definition) is 1. The van der Waals surface area contributed by atoms with E-state index in [1.165, 1.54) is 30.3 Å². The Hall–Kier alpha value is -2.25. The molecule has 3 rings (SSSR count). The number of nitrogens with zero attached hydrogens (tertiary/aromatic N) is 1. The van der Waals surface area contributed by atoms with Gasteiger partial charge in [0.15, 0.2) is 0 Å². The molecule has 1 aliphatic heterocycles. The number of sulfonamides is 1. The van der Waals surface area contributed by atoms with E-state index in [1.54, 1.807) is 23.4 Å². The Morgan fingerprint density at radius 2 is 1.89 bits per heavy atom. The second-order valence-electron chi connectivity index (χ2n) is 7.25. The number of hydrogen-bond acceptors (Lipinski definition) is 3. The topological polar surface area (TPSA) is 66.5 Å². The molecule has 1 saturated heterocycles. The molecule has 1 fully saturated rings. The molecule has 0 spiro atoms. The van der Waals surface area contributed by atoms with Gasteiger partial charge in [0.1, 0.15) is 5.82 Å². The summed E-state index contributed by atoms with van der Waals surface area (Å²) in [7, 11) is -3.55. The summed E-state index contributed by atoms with van der Waals surface area (Å²) in [6.45, 7) is 4.40. The molecular weight excluding hydrogens is 379 g/mol. The predicted molar refractivity (Wildman–Crippen MR) is 106 cm³/mol. The van der Waals surface area contributed by atoms with Crippen LogP contribution in [-0.4, -0.2) is 31.2 Å². The van der Waals surface area contributed by atoms with E-state index in [-0.39, 0.29) is 29.2 Å². The van der Waals surface area contributed by atoms with Crippen molar-refractivity contribution in [2.24, 2.45) is 0 Å². The summed E-state index contributed by atoms with van der Waals surface area (Å²) < 4.78 is 40.5. The van der Waals surface area contributed by atoms with Crippen molar-refractivity contribution in [2.75, 3.05) is 6.54 Å². The molecule has 0 aliphatic carbocycles. The van der Waals surface area contributed by atoms with E-state index in [9.17, 15) is 17.6 Å². The Morgan fingerprint density at radius 1 is 1.18 bits per heavy atom. The van der Waals surface area contributed by atoms with Gasteiger partial charge in [-0.25, -0.2) is 12.8 Å². The van der Waals surface area contributed by atoms with Crippen LogP contribution in [0, 0.1) is 12.7 Å². The van der Waals surface area contributed by atoms with Crippen LogP contribution < -0.4 is 5.32 Å². The summed E-state index contributed by atoms with van der Waals surface area (Å²) in [4.78, 5) is 12.5. The molecule has 0 saturated carbocycles. The Kier molecular flexibility index (Phi) is 6.15. The average molecular weight is 405 g/mol. The average Bonchev–Trinajstić information content (AvgIpc) is 2.69. The van der Waals surface area contributed by atoms with Gasteiger partial charge in [-0.2, -0.15) is 4.31 Å². The van der Waals surface area contributed by atoms with Gasteiger partial charge in [-0.1, -0.05) is 18.6 Å². The van der Waals surface area contributed by atoms with Crippen molar-refractivity contribution in [3.05, 3.63) is 65.0 Å². The van der Waals surface area contributed by atoms with Crippen LogP contribution >= 0.6 is 0 Å². The molecule has 2 aromatic carbocycles. The van der Waals surface area contributed by atoms with Crippen LogP contribution in [0.1, 0.15) is 47.7 Å². The fourth-order valence-corrected chi connectivity index (χ4v) is 5.14. The minimum Gasteiger partial charge on any atom is -0.348 e. The SMILES string of the molecule is Cc1cc(CNC(=O)c2ccc(S(=O)(=O)N3CCCCC3C)cc2)ccc1F. The molecule has 1 unspecified atom stereocenters. The van der Waals surface area contributed by atoms with Gasteiger partial charge in [0, 0.05) is 24.7 Å². The monoisotopic (exact) mass is 404 g/mol. The maximum atomic E-state index is 13.3. The molecule has 1 atom stereocenters. The first-order valence-electron chi connectivity index (χ1n) is 9.44. The van der Waals surface area contributed by atoms with Crippen LogP contribution in [0.4, 0.5) is 4.39 Å². The van der Waals surface area contributed by atoms with Crippen LogP contribution in [-0.2, 0) is 16.6 Å². The lowest BCUT2D eigenvalue weighted by Crippen LogP contribution is -2.41. The number of halogens is 1. The van der Waals surface area contributed by atoms with Crippen molar-refractivity contribution >= 4 is 15.9 Å². The highest BCUT2D eigenvalue weighted by Gasteiger charge is 2.30. The largest absolute Gasteiger partial charge is 0.348 e. The number of rotatable bonds is 5. The van der Waals surface area contributed by atoms with Gasteiger partial charge in [-0.05, 0) is 68.1 Å². The second kappa shape index (κ2) is 8.41. The van der Waals surface area contributed by atoms with Gasteiger partial charge < -0.3 is 5.32 Å². The molecule has 150 valence electrons. The number of carbonyl (C=O) groups excluding carboxylic acids is 1. The number of carbonyl (C=O) groups is 1. The zero-order chi connectivity index (χ0) is 20.3. The summed E-state index contributed by atoms with van der Waals surface area (Å²) in [5, 5.41) is 2.77. The molecule has 5 nitrogen and oxygen atoms in total. The predicted octanol–water partition coefficient (Wildman–Crippen LogP) is 3.63. The van der Waals surface area contributed by atoms with Crippen molar-refractivity contribution in [2.45, 2.75) is 50.6 Å². The maximum absolute atomic E-state index is 13.3. The fourth-order valence-electron chi connectivity index (χ4n) is 3.44. The van der Waals surface area contributed by atoms with Crippen molar-refractivity contribution in [3.63, 3.8) is 0 Å². The molecule has 1 heterocycles. The van der Waals surface area contributed by atoms with Crippen molar-refractivity contribution < 1.29 is 17.6 Å². The van der Waals surface area contributed by atoms with Crippen LogP contribution in [0.5, 0.6) is 0 Å². The van der Waals surface area contributed by atoms with Gasteiger partial charge in [0.2, 0.25) is 10.0 Å². The molecule has 7 heteroatoms. The van der Waals surface area contributed by atoms with Crippen LogP contribution in [0.15, 0.2) is 47.4 Å². The van der Waals surface area contributed by atoms with E-state index in [0.29, 0.717) is 17.7 Å². The summed E-state index contributed by atoms with van der Waals surface area (Å²) >= 11 is 0. The fraction of sp³-hybridized carbons (Fsp3) is 0.381. The Morgan fingerprint density at radius 3 is 2.54 bits per heavy atom. The van der Waals surface area contributed by atoms with Crippen molar-refractivity contribution in [3.8, 4) is 0 Å². The third kappa shape index (κ3) is 4.42. The maximum Gasteiger partial charge on any atom is 0.251 e. The van der Waals surface area contributed by atoms with Gasteiger partial charge >= 0.3 is 0 Å². The third-order valence-electron chi connectivity index (χ3n) is 5.14. The molecule has 28 heavy (non-hydrogen) atoms. The molecule has 0 radical (unpaired) electrons. The number of benzene rings is 2. The summed E-state index contributed by atoms with van der Waals surface area (Å²) in [6.07, 6.45) is 2.77. The molecular formula is C21H25FN2O3S. The first-order valence-corrected chi connectivity index (χ1v) is 10.9. The quantitative estimate of drug-likeness (QED) is 0.828. The Labute approximate surface area is 165 Å². The number of aryl methyl sites for hydroxylation is 1. The van der Waals surface area contributed by atoms with Crippen LogP contribution in [0.25, 0.3) is 0 Å². The number of nitrogens with one attached hydrogen (secondary N) is 1. The molecule has 2 aromatic rings. The van der Waals surface area contributed by atoms with Gasteiger partial charge in [-0.15, -0.1) is 0 Å². The van der Waals surface area contributed by atoms with E-state index in [2.05, 4.69) is 5.32 Å². The van der Waals surface area contributed by atoms with E-state index >= 15 is 0 Å². The standard InChI is InChI=1S/C21H25FN2O3S/c1-15-13-17(6-11-20(15)22)14-23-21(25)18-7-9-19(10-8-18)28(26,27)24-12-4-3-5-16(24)2/h6-11,13,16H,3-5,12,14H2,1-2H3,(H,23,25). The first kappa shape index (κ1) is 20.5. The molecule has 1 N–H and O–H groups in total. The Balaban J connectivity index is 1.67. The number of amides is 1. The lowest BCUT2D eigenvalue weighted by molar-refractivity contribution is 0.0950. The van der Waals surface area contributed by atoms with E-state index in [1.807, 2.05) is 6.92 Å². The van der Waals surface area contributed by atoms with Gasteiger partial charge in [0.25, 0.3) is 5.91 Å². The molecule has 0 aromatic heterocycles. The second-order valence-corrected chi connectivity index (χ2v) is 9.14. The lowest BCUT2D eigenvalue weighted by Gasteiger charge is -2.32. The zero-order valence-corrected chi connectivity index (χ0v) is 16.9. The minimum absolute atomic E-state index is 0.0131. The highest BCUT2D eigenvalue weighted by Crippen LogP contribution is 2.25. The summed E-state index contributed by atoms with van der Waals surface area (Å²) in [5.41, 5.74) is 1.70. The van der Waals surface area contributed by atoms with Crippen LogP contribution in [0.2, 0.25) is 0 Å². The Bertz CT molecular complexity index is 958. The van der Waals surface area contributed by atoms with E-state index in [0.717, 1.165) is 24.8 Å². The van der Waals surface area contributed by atoms with E-state index < -0.39 is 10.0 Å². The number of piperidine rings is 1. The molecule has 0 bridgehead atoms. The lowest BCUT2D eigenvalue weighted by atomic mass is 10.1. The van der Waals surface area contributed by atoms with E-state index in [4.69, 9.17) is 0 Å². The summed E-state index contributed by atoms with van der Waals surface area (Å²) in [6, 6.07) is 10.7. The minimum atomic E-state index is -3.55. The van der Waals surface area contributed by atoms with Crippen molar-refractivity contribution in [1.29, 1.82) is 0 Å². The molecule has 1 amide bonds. The summed E-state index contributed by atoms with van der Waals surface area (Å²) in [5.74, 6) is -0.591. The molecule has 1 aliphatic rings. The normalized spacial score (nSPS) is 18.0.